The topological polar surface area (TPSA) is 80.3 Å². The highest BCUT2D eigenvalue weighted by atomic mass is 16.6. The van der Waals surface area contributed by atoms with Gasteiger partial charge in [0.2, 0.25) is 0 Å². The molecular weight excluding hydrogens is 568 g/mol. The maximum absolute atomic E-state index is 12.7. The molecule has 7 heteroatoms. The van der Waals surface area contributed by atoms with Crippen LogP contribution in [-0.4, -0.2) is 51.1 Å². The second-order valence-corrected chi connectivity index (χ2v) is 14.2. The molecule has 1 heterocycles. The first-order chi connectivity index (χ1) is 21.4. The van der Waals surface area contributed by atoms with Crippen molar-refractivity contribution in [2.24, 2.45) is 17.8 Å². The number of benzene rings is 1. The molecule has 0 bridgehead atoms. The molecule has 0 spiro atoms. The smallest absolute Gasteiger partial charge is 0.311 e. The van der Waals surface area contributed by atoms with Gasteiger partial charge in [0.25, 0.3) is 0 Å². The van der Waals surface area contributed by atoms with Gasteiger partial charge in [-0.05, 0) is 87.8 Å². The monoisotopic (exact) mass is 632 g/mol. The Bertz CT molecular complexity index is 1050. The fourth-order valence-electron chi connectivity index (χ4n) is 6.31. The highest BCUT2D eigenvalue weighted by molar-refractivity contribution is 5.80. The normalized spacial score (nSPS) is 17.5. The first kappa shape index (κ1) is 39.1. The van der Waals surface area contributed by atoms with Crippen LogP contribution in [-0.2, 0) is 30.2 Å². The molecule has 45 heavy (non-hydrogen) atoms. The molecular formula is C38H64O7. The molecule has 2 rings (SSSR count). The summed E-state index contributed by atoms with van der Waals surface area (Å²) in [5.74, 6) is 3.07. The Balaban J connectivity index is 1.81. The zero-order valence-electron chi connectivity index (χ0n) is 30.1. The van der Waals surface area contributed by atoms with Gasteiger partial charge in [-0.3, -0.25) is 9.59 Å². The SMILES string of the molecule is COCCOCCOC(=O)CCC(=O)Oc1c(C)c(C)c2c(c1C)CCC(C)(CCCC(C)CCCC(C)CCCC(C)C)O2. The first-order valence-electron chi connectivity index (χ1n) is 17.6. The van der Waals surface area contributed by atoms with Crippen molar-refractivity contribution in [2.75, 3.05) is 33.5 Å². The molecule has 0 saturated carbocycles. The molecule has 3 unspecified atom stereocenters. The highest BCUT2D eigenvalue weighted by Gasteiger charge is 2.35. The van der Waals surface area contributed by atoms with Gasteiger partial charge in [0.15, 0.2) is 0 Å². The molecule has 1 aromatic carbocycles. The van der Waals surface area contributed by atoms with Crippen molar-refractivity contribution in [2.45, 2.75) is 144 Å². The third-order valence-electron chi connectivity index (χ3n) is 9.51. The predicted molar refractivity (Wildman–Crippen MR) is 181 cm³/mol. The fraction of sp³-hybridized carbons (Fsp3) is 0.789. The minimum atomic E-state index is -0.443. The summed E-state index contributed by atoms with van der Waals surface area (Å²) >= 11 is 0. The van der Waals surface area contributed by atoms with Crippen molar-refractivity contribution in [3.8, 4) is 11.5 Å². The lowest BCUT2D eigenvalue weighted by Crippen LogP contribution is -2.37. The van der Waals surface area contributed by atoms with E-state index in [9.17, 15) is 9.59 Å². The maximum Gasteiger partial charge on any atom is 0.311 e. The van der Waals surface area contributed by atoms with Gasteiger partial charge in [0, 0.05) is 12.7 Å². The number of carbonyl (C=O) groups excluding carboxylic acids is 2. The lowest BCUT2D eigenvalue weighted by atomic mass is 9.83. The van der Waals surface area contributed by atoms with Gasteiger partial charge in [-0.1, -0.05) is 72.6 Å². The summed E-state index contributed by atoms with van der Waals surface area (Å²) in [5.41, 5.74) is 3.82. The predicted octanol–water partition coefficient (Wildman–Crippen LogP) is 9.03. The van der Waals surface area contributed by atoms with Gasteiger partial charge >= 0.3 is 11.9 Å². The third-order valence-corrected chi connectivity index (χ3v) is 9.51. The first-order valence-corrected chi connectivity index (χ1v) is 17.6. The Morgan fingerprint density at radius 3 is 2.02 bits per heavy atom. The molecule has 1 aliphatic rings. The second kappa shape index (κ2) is 20.2. The summed E-state index contributed by atoms with van der Waals surface area (Å²) in [4.78, 5) is 24.7. The minimum Gasteiger partial charge on any atom is -0.487 e. The van der Waals surface area contributed by atoms with Gasteiger partial charge in [-0.2, -0.15) is 0 Å². The van der Waals surface area contributed by atoms with E-state index in [4.69, 9.17) is 23.7 Å². The summed E-state index contributed by atoms with van der Waals surface area (Å²) in [6.45, 7) is 19.1. The van der Waals surface area contributed by atoms with Crippen LogP contribution in [0.3, 0.4) is 0 Å². The van der Waals surface area contributed by atoms with Gasteiger partial charge in [0.1, 0.15) is 23.7 Å². The van der Waals surface area contributed by atoms with E-state index in [2.05, 4.69) is 41.5 Å². The number of carbonyl (C=O) groups is 2. The lowest BCUT2D eigenvalue weighted by molar-refractivity contribution is -0.148. The summed E-state index contributed by atoms with van der Waals surface area (Å²) in [5, 5.41) is 0. The van der Waals surface area contributed by atoms with Crippen molar-refractivity contribution >= 4 is 11.9 Å². The van der Waals surface area contributed by atoms with Crippen molar-refractivity contribution in [1.29, 1.82) is 0 Å². The van der Waals surface area contributed by atoms with Crippen LogP contribution in [0.1, 0.15) is 134 Å². The number of ether oxygens (including phenoxy) is 5. The number of rotatable bonds is 22. The standard InChI is InChI=1S/C38H64O7/c1-27(2)13-10-14-28(3)15-11-16-29(4)17-12-21-38(8)22-20-33-32(7)36(30(5)31(6)37(33)45-38)44-35(40)19-18-34(39)43-26-25-42-24-23-41-9/h27-29H,10-26H2,1-9H3. The second-order valence-electron chi connectivity index (χ2n) is 14.2. The van der Waals surface area contributed by atoms with Crippen LogP contribution in [0.2, 0.25) is 0 Å². The van der Waals surface area contributed by atoms with E-state index < -0.39 is 11.9 Å². The largest absolute Gasteiger partial charge is 0.487 e. The van der Waals surface area contributed by atoms with E-state index in [0.29, 0.717) is 25.6 Å². The summed E-state index contributed by atoms with van der Waals surface area (Å²) in [6.07, 6.45) is 13.3. The number of methoxy groups -OCH3 is 1. The maximum atomic E-state index is 12.7. The van der Waals surface area contributed by atoms with Crippen molar-refractivity contribution in [3.63, 3.8) is 0 Å². The minimum absolute atomic E-state index is 0.0312. The number of hydrogen-bond acceptors (Lipinski definition) is 7. The van der Waals surface area contributed by atoms with Gasteiger partial charge in [0.05, 0.1) is 32.7 Å². The van der Waals surface area contributed by atoms with Crippen LogP contribution >= 0.6 is 0 Å². The zero-order chi connectivity index (χ0) is 33.4. The lowest BCUT2D eigenvalue weighted by Gasteiger charge is -2.38. The molecule has 0 radical (unpaired) electrons. The Labute approximate surface area is 274 Å². The molecule has 3 atom stereocenters. The molecule has 7 nitrogen and oxygen atoms in total. The van der Waals surface area contributed by atoms with Crippen molar-refractivity contribution in [3.05, 3.63) is 22.3 Å². The summed E-state index contributed by atoms with van der Waals surface area (Å²) in [7, 11) is 1.60. The van der Waals surface area contributed by atoms with E-state index in [1.165, 1.54) is 51.4 Å². The average Bonchev–Trinajstić information content (AvgIpc) is 2.98. The number of hydrogen-bond donors (Lipinski definition) is 0. The Morgan fingerprint density at radius 2 is 1.38 bits per heavy atom. The molecule has 0 aliphatic carbocycles. The van der Waals surface area contributed by atoms with Crippen LogP contribution in [0.4, 0.5) is 0 Å². The van der Waals surface area contributed by atoms with E-state index in [-0.39, 0.29) is 25.0 Å². The van der Waals surface area contributed by atoms with Crippen LogP contribution in [0.15, 0.2) is 0 Å². The van der Waals surface area contributed by atoms with Crippen LogP contribution in [0, 0.1) is 38.5 Å². The average molecular weight is 633 g/mol. The number of fused-ring (bicyclic) bond motifs is 1. The van der Waals surface area contributed by atoms with E-state index in [1.54, 1.807) is 7.11 Å². The van der Waals surface area contributed by atoms with E-state index >= 15 is 0 Å². The van der Waals surface area contributed by atoms with Crippen LogP contribution < -0.4 is 9.47 Å². The Hall–Kier alpha value is -2.12. The zero-order valence-corrected chi connectivity index (χ0v) is 30.1. The van der Waals surface area contributed by atoms with E-state index in [1.807, 2.05) is 13.8 Å². The van der Waals surface area contributed by atoms with E-state index in [0.717, 1.165) is 65.0 Å². The van der Waals surface area contributed by atoms with Crippen LogP contribution in [0.25, 0.3) is 0 Å². The molecule has 1 aromatic rings. The quantitative estimate of drug-likeness (QED) is 0.0717. The molecule has 0 fully saturated rings. The van der Waals surface area contributed by atoms with Crippen LogP contribution in [0.5, 0.6) is 11.5 Å². The van der Waals surface area contributed by atoms with Crippen molar-refractivity contribution in [1.82, 2.24) is 0 Å². The Kier molecular flexibility index (Phi) is 17.5. The highest BCUT2D eigenvalue weighted by Crippen LogP contribution is 2.45. The molecule has 0 amide bonds. The Morgan fingerprint density at radius 1 is 0.778 bits per heavy atom. The third kappa shape index (κ3) is 14.0. The molecule has 1 aliphatic heterocycles. The number of esters is 2. The summed E-state index contributed by atoms with van der Waals surface area (Å²) < 4.78 is 27.9. The molecule has 258 valence electrons. The summed E-state index contributed by atoms with van der Waals surface area (Å²) in [6, 6.07) is 0. The van der Waals surface area contributed by atoms with Crippen molar-refractivity contribution < 1.29 is 33.3 Å². The van der Waals surface area contributed by atoms with Gasteiger partial charge in [-0.25, -0.2) is 0 Å². The fourth-order valence-corrected chi connectivity index (χ4v) is 6.31. The van der Waals surface area contributed by atoms with Gasteiger partial charge < -0.3 is 23.7 Å². The molecule has 0 aromatic heterocycles. The molecule has 0 N–H and O–H groups in total. The molecule has 0 saturated heterocycles. The van der Waals surface area contributed by atoms with Gasteiger partial charge in [-0.15, -0.1) is 0 Å².